The molecule has 0 unspecified atom stereocenters. The molecular formula is C24H17NO. The van der Waals surface area contributed by atoms with Crippen LogP contribution in [0.4, 0.5) is 0 Å². The third-order valence-electron chi connectivity index (χ3n) is 4.78. The highest BCUT2D eigenvalue weighted by Crippen LogP contribution is 2.42. The first-order chi connectivity index (χ1) is 12.8. The van der Waals surface area contributed by atoms with Crippen molar-refractivity contribution in [2.24, 2.45) is 0 Å². The van der Waals surface area contributed by atoms with Gasteiger partial charge in [0.1, 0.15) is 5.76 Å². The maximum atomic E-state index is 6.22. The fourth-order valence-electron chi connectivity index (χ4n) is 3.44. The lowest BCUT2D eigenvalue weighted by molar-refractivity contribution is 0.569. The Morgan fingerprint density at radius 3 is 2.27 bits per heavy atom. The number of nitrogens with zero attached hydrogens (tertiary/aromatic N) is 1. The molecule has 0 atom stereocenters. The third kappa shape index (κ3) is 2.39. The average Bonchev–Trinajstić information content (AvgIpc) is 3.07. The molecular weight excluding hydrogens is 318 g/mol. The molecule has 2 nitrogen and oxygen atoms in total. The van der Waals surface area contributed by atoms with E-state index in [9.17, 15) is 0 Å². The number of hydrogen-bond donors (Lipinski definition) is 0. The van der Waals surface area contributed by atoms with E-state index in [1.807, 2.05) is 24.3 Å². The van der Waals surface area contributed by atoms with Crippen LogP contribution in [0.25, 0.3) is 44.8 Å². The maximum absolute atomic E-state index is 6.22. The van der Waals surface area contributed by atoms with Gasteiger partial charge in [-0.15, -0.1) is 0 Å². The molecule has 2 aliphatic heterocycles. The Kier molecular flexibility index (Phi) is 3.36. The maximum Gasteiger partial charge on any atom is 0.228 e. The summed E-state index contributed by atoms with van der Waals surface area (Å²) in [4.78, 5) is 4.74. The fraction of sp³-hybridized carbons (Fsp3) is 0.0417. The van der Waals surface area contributed by atoms with Crippen LogP contribution in [0.3, 0.4) is 0 Å². The molecule has 0 aliphatic carbocycles. The van der Waals surface area contributed by atoms with E-state index in [4.69, 9.17) is 9.40 Å². The van der Waals surface area contributed by atoms with Gasteiger partial charge in [0.25, 0.3) is 0 Å². The number of fused-ring (bicyclic) bond motifs is 3. The summed E-state index contributed by atoms with van der Waals surface area (Å²) in [5.41, 5.74) is 6.64. The van der Waals surface area contributed by atoms with Gasteiger partial charge in [0.05, 0.1) is 11.1 Å². The van der Waals surface area contributed by atoms with E-state index < -0.39 is 0 Å². The number of aromatic nitrogens is 1. The molecule has 26 heavy (non-hydrogen) atoms. The summed E-state index contributed by atoms with van der Waals surface area (Å²) >= 11 is 0. The van der Waals surface area contributed by atoms with E-state index in [-0.39, 0.29) is 0 Å². The molecule has 0 fully saturated rings. The van der Waals surface area contributed by atoms with Crippen LogP contribution in [0.1, 0.15) is 5.56 Å². The van der Waals surface area contributed by atoms with Crippen molar-refractivity contribution in [3.05, 3.63) is 90.5 Å². The molecule has 3 aromatic carbocycles. The minimum absolute atomic E-state index is 0.683. The number of benzene rings is 3. The molecule has 0 N–H and O–H groups in total. The summed E-state index contributed by atoms with van der Waals surface area (Å²) in [5.74, 6) is 1.52. The van der Waals surface area contributed by atoms with Gasteiger partial charge >= 0.3 is 0 Å². The molecule has 3 aromatic rings. The van der Waals surface area contributed by atoms with Crippen LogP contribution in [0.2, 0.25) is 0 Å². The number of aryl methyl sites for hydroxylation is 1. The lowest BCUT2D eigenvalue weighted by Crippen LogP contribution is -1.88. The first-order valence-corrected chi connectivity index (χ1v) is 8.74. The standard InChI is InChI=1S/C24H17NO/c1-16-11-13-18(14-12-16)22-15-20(17-7-3-2-4-8-17)23-19-9-5-6-10-21(19)25-24(23)26-22/h2-15H,1H3. The fourth-order valence-corrected chi connectivity index (χ4v) is 3.44. The zero-order valence-electron chi connectivity index (χ0n) is 14.4. The first kappa shape index (κ1) is 14.9. The van der Waals surface area contributed by atoms with Gasteiger partial charge in [-0.25, -0.2) is 4.98 Å². The summed E-state index contributed by atoms with van der Waals surface area (Å²) < 4.78 is 6.22. The second kappa shape index (κ2) is 5.85. The SMILES string of the molecule is Cc1ccc(-c2cc(-c3ccccc3)c3c4ccccc4nc-3o2)cc1. The van der Waals surface area contributed by atoms with Crippen molar-refractivity contribution in [3.63, 3.8) is 0 Å². The van der Waals surface area contributed by atoms with Gasteiger partial charge in [0, 0.05) is 10.9 Å². The monoisotopic (exact) mass is 335 g/mol. The van der Waals surface area contributed by atoms with Gasteiger partial charge in [-0.3, -0.25) is 0 Å². The van der Waals surface area contributed by atoms with Crippen LogP contribution in [-0.2, 0) is 0 Å². The van der Waals surface area contributed by atoms with Gasteiger partial charge < -0.3 is 4.42 Å². The Morgan fingerprint density at radius 1 is 0.731 bits per heavy atom. The number of para-hydroxylation sites is 1. The van der Waals surface area contributed by atoms with E-state index >= 15 is 0 Å². The van der Waals surface area contributed by atoms with Crippen molar-refractivity contribution in [2.75, 3.05) is 0 Å². The van der Waals surface area contributed by atoms with Crippen LogP contribution in [0, 0.1) is 6.92 Å². The van der Waals surface area contributed by atoms with Gasteiger partial charge in [-0.1, -0.05) is 78.4 Å². The Labute approximate surface area is 152 Å². The highest BCUT2D eigenvalue weighted by Gasteiger charge is 2.21. The molecule has 5 rings (SSSR count). The summed E-state index contributed by atoms with van der Waals surface area (Å²) in [6, 6.07) is 29.2. The lowest BCUT2D eigenvalue weighted by Gasteiger charge is -2.11. The lowest BCUT2D eigenvalue weighted by atomic mass is 9.97. The predicted octanol–water partition coefficient (Wildman–Crippen LogP) is 6.58. The predicted molar refractivity (Wildman–Crippen MR) is 106 cm³/mol. The smallest absolute Gasteiger partial charge is 0.228 e. The quantitative estimate of drug-likeness (QED) is 0.364. The van der Waals surface area contributed by atoms with E-state index in [1.54, 1.807) is 0 Å². The van der Waals surface area contributed by atoms with Gasteiger partial charge in [-0.05, 0) is 30.2 Å². The molecule has 2 aliphatic rings. The molecule has 0 amide bonds. The highest BCUT2D eigenvalue weighted by atomic mass is 16.3. The van der Waals surface area contributed by atoms with E-state index in [0.29, 0.717) is 5.89 Å². The molecule has 2 heterocycles. The first-order valence-electron chi connectivity index (χ1n) is 8.74. The highest BCUT2D eigenvalue weighted by molar-refractivity contribution is 6.03. The summed E-state index contributed by atoms with van der Waals surface area (Å²) in [7, 11) is 0. The summed E-state index contributed by atoms with van der Waals surface area (Å²) in [5, 5.41) is 1.13. The average molecular weight is 335 g/mol. The topological polar surface area (TPSA) is 26.0 Å². The van der Waals surface area contributed by atoms with Crippen molar-refractivity contribution in [2.45, 2.75) is 6.92 Å². The van der Waals surface area contributed by atoms with Crippen molar-refractivity contribution < 1.29 is 4.42 Å². The van der Waals surface area contributed by atoms with Crippen molar-refractivity contribution in [3.8, 4) is 33.9 Å². The molecule has 2 heteroatoms. The molecule has 0 bridgehead atoms. The van der Waals surface area contributed by atoms with E-state index in [1.165, 1.54) is 11.1 Å². The third-order valence-corrected chi connectivity index (χ3v) is 4.78. The summed E-state index contributed by atoms with van der Waals surface area (Å²) in [6.07, 6.45) is 0. The number of rotatable bonds is 2. The van der Waals surface area contributed by atoms with Crippen molar-refractivity contribution in [1.82, 2.24) is 4.98 Å². The number of hydrogen-bond acceptors (Lipinski definition) is 2. The minimum atomic E-state index is 0.683. The minimum Gasteiger partial charge on any atom is -0.438 e. The van der Waals surface area contributed by atoms with Crippen molar-refractivity contribution in [1.29, 1.82) is 0 Å². The molecule has 0 spiro atoms. The Morgan fingerprint density at radius 2 is 1.46 bits per heavy atom. The normalized spacial score (nSPS) is 11.3. The second-order valence-electron chi connectivity index (χ2n) is 6.57. The van der Waals surface area contributed by atoms with Crippen LogP contribution in [0.15, 0.2) is 89.3 Å². The Balaban J connectivity index is 1.85. The zero-order chi connectivity index (χ0) is 17.5. The molecule has 0 saturated heterocycles. The largest absolute Gasteiger partial charge is 0.438 e. The van der Waals surface area contributed by atoms with Gasteiger partial charge in [0.15, 0.2) is 0 Å². The molecule has 0 saturated carbocycles. The Bertz CT molecular complexity index is 1170. The van der Waals surface area contributed by atoms with Gasteiger partial charge in [0.2, 0.25) is 5.89 Å². The molecule has 0 radical (unpaired) electrons. The summed E-state index contributed by atoms with van der Waals surface area (Å²) in [6.45, 7) is 2.09. The second-order valence-corrected chi connectivity index (χ2v) is 6.57. The van der Waals surface area contributed by atoms with Crippen LogP contribution in [-0.4, -0.2) is 4.98 Å². The van der Waals surface area contributed by atoms with Gasteiger partial charge in [-0.2, -0.15) is 0 Å². The Hall–Kier alpha value is -3.39. The van der Waals surface area contributed by atoms with Crippen LogP contribution >= 0.6 is 0 Å². The molecule has 0 aromatic heterocycles. The van der Waals surface area contributed by atoms with E-state index in [2.05, 4.69) is 67.6 Å². The van der Waals surface area contributed by atoms with Crippen LogP contribution in [0.5, 0.6) is 0 Å². The van der Waals surface area contributed by atoms with E-state index in [0.717, 1.165) is 33.4 Å². The molecule has 124 valence electrons. The van der Waals surface area contributed by atoms with Crippen LogP contribution < -0.4 is 0 Å². The van der Waals surface area contributed by atoms with Crippen molar-refractivity contribution >= 4 is 10.9 Å². The zero-order valence-corrected chi connectivity index (χ0v) is 14.4.